The summed E-state index contributed by atoms with van der Waals surface area (Å²) in [4.78, 5) is 45.5. The topological polar surface area (TPSA) is 92.3 Å². The van der Waals surface area contributed by atoms with Gasteiger partial charge in [0.1, 0.15) is 11.2 Å². The van der Waals surface area contributed by atoms with Crippen LogP contribution in [0.2, 0.25) is 0 Å². The number of Topliss-reactive ketones (excluding diaryl/α,β-unsaturated/α-hetero) is 1. The van der Waals surface area contributed by atoms with Gasteiger partial charge in [0, 0.05) is 6.42 Å². The fraction of sp³-hybridized carbons (Fsp3) is 0.600. The number of amides is 4. The largest absolute Gasteiger partial charge is 0.328 e. The van der Waals surface area contributed by atoms with Crippen molar-refractivity contribution in [3.8, 4) is 0 Å². The molecule has 1 saturated heterocycles. The summed E-state index contributed by atoms with van der Waals surface area (Å²) in [5.41, 5.74) is -1.42. The highest BCUT2D eigenvalue weighted by Gasteiger charge is 2.50. The van der Waals surface area contributed by atoms with E-state index in [1.54, 1.807) is 6.92 Å². The molecular formula is C10H14N2O4. The van der Waals surface area contributed by atoms with Crippen LogP contribution in [0.3, 0.4) is 0 Å². The van der Waals surface area contributed by atoms with Crippen LogP contribution < -0.4 is 10.6 Å². The van der Waals surface area contributed by atoms with Gasteiger partial charge in [0.2, 0.25) is 11.8 Å². The monoisotopic (exact) mass is 226 g/mol. The molecule has 0 spiro atoms. The molecule has 1 aliphatic rings. The van der Waals surface area contributed by atoms with Crippen LogP contribution in [0, 0.1) is 5.41 Å². The number of urea groups is 1. The van der Waals surface area contributed by atoms with Crippen molar-refractivity contribution in [2.45, 2.75) is 33.1 Å². The molecule has 6 nitrogen and oxygen atoms in total. The highest BCUT2D eigenvalue weighted by molar-refractivity contribution is 6.20. The minimum Gasteiger partial charge on any atom is -0.300 e. The summed E-state index contributed by atoms with van der Waals surface area (Å²) >= 11 is 0. The Kier molecular flexibility index (Phi) is 3.41. The van der Waals surface area contributed by atoms with Crippen LogP contribution in [0.5, 0.6) is 0 Å². The van der Waals surface area contributed by atoms with Crippen LogP contribution in [0.4, 0.5) is 4.79 Å². The van der Waals surface area contributed by atoms with Gasteiger partial charge in [-0.25, -0.2) is 4.79 Å². The van der Waals surface area contributed by atoms with E-state index < -0.39 is 23.3 Å². The highest BCUT2D eigenvalue weighted by Crippen LogP contribution is 2.31. The van der Waals surface area contributed by atoms with Crippen molar-refractivity contribution < 1.29 is 19.2 Å². The number of rotatable bonds is 4. The molecule has 88 valence electrons. The van der Waals surface area contributed by atoms with Crippen molar-refractivity contribution in [3.63, 3.8) is 0 Å². The number of nitrogens with one attached hydrogen (secondary N) is 2. The van der Waals surface area contributed by atoms with Crippen molar-refractivity contribution in [1.82, 2.24) is 10.6 Å². The van der Waals surface area contributed by atoms with Crippen molar-refractivity contribution >= 4 is 23.6 Å². The molecule has 0 aliphatic carbocycles. The highest BCUT2D eigenvalue weighted by atomic mass is 16.2. The lowest BCUT2D eigenvalue weighted by atomic mass is 9.76. The Hall–Kier alpha value is -1.72. The summed E-state index contributed by atoms with van der Waals surface area (Å²) in [7, 11) is 0. The second-order valence-corrected chi connectivity index (χ2v) is 3.95. The van der Waals surface area contributed by atoms with Crippen LogP contribution in [0.1, 0.15) is 33.1 Å². The first-order valence-corrected chi connectivity index (χ1v) is 5.08. The van der Waals surface area contributed by atoms with E-state index in [0.717, 1.165) is 0 Å². The van der Waals surface area contributed by atoms with Crippen LogP contribution in [0.15, 0.2) is 0 Å². The van der Waals surface area contributed by atoms with Gasteiger partial charge in [-0.2, -0.15) is 0 Å². The van der Waals surface area contributed by atoms with Gasteiger partial charge in [-0.15, -0.1) is 0 Å². The summed E-state index contributed by atoms with van der Waals surface area (Å²) in [6.45, 7) is 3.12. The number of imide groups is 2. The summed E-state index contributed by atoms with van der Waals surface area (Å²) in [6, 6.07) is -0.828. The third-order valence-electron chi connectivity index (χ3n) is 2.55. The minimum absolute atomic E-state index is 0.175. The predicted octanol–water partition coefficient (Wildman–Crippen LogP) is 0.118. The van der Waals surface area contributed by atoms with Gasteiger partial charge in [0.25, 0.3) is 0 Å². The average molecular weight is 226 g/mol. The van der Waals surface area contributed by atoms with Crippen LogP contribution in [0.25, 0.3) is 0 Å². The third kappa shape index (κ3) is 2.10. The molecule has 0 aromatic carbocycles. The number of hydrogen-bond donors (Lipinski definition) is 2. The molecule has 0 radical (unpaired) electrons. The lowest BCUT2D eigenvalue weighted by Gasteiger charge is -2.32. The van der Waals surface area contributed by atoms with Crippen LogP contribution >= 0.6 is 0 Å². The van der Waals surface area contributed by atoms with Gasteiger partial charge < -0.3 is 0 Å². The third-order valence-corrected chi connectivity index (χ3v) is 2.55. The van der Waals surface area contributed by atoms with Gasteiger partial charge >= 0.3 is 6.03 Å². The van der Waals surface area contributed by atoms with Gasteiger partial charge in [0.15, 0.2) is 0 Å². The molecule has 16 heavy (non-hydrogen) atoms. The quantitative estimate of drug-likeness (QED) is 0.666. The molecule has 1 aliphatic heterocycles. The fourth-order valence-corrected chi connectivity index (χ4v) is 1.91. The summed E-state index contributed by atoms with van der Waals surface area (Å²) in [5, 5.41) is 4.06. The maximum atomic E-state index is 11.7. The molecule has 1 rings (SSSR count). The first-order chi connectivity index (χ1) is 7.42. The van der Waals surface area contributed by atoms with E-state index in [1.807, 2.05) is 10.6 Å². The lowest BCUT2D eigenvalue weighted by Crippen LogP contribution is -2.62. The molecule has 0 aromatic heterocycles. The van der Waals surface area contributed by atoms with Crippen LogP contribution in [-0.2, 0) is 14.4 Å². The number of ketones is 1. The van der Waals surface area contributed by atoms with Crippen molar-refractivity contribution in [2.75, 3.05) is 0 Å². The summed E-state index contributed by atoms with van der Waals surface area (Å²) in [5.74, 6) is -1.62. The Morgan fingerprint density at radius 2 is 1.69 bits per heavy atom. The second-order valence-electron chi connectivity index (χ2n) is 3.95. The Balaban J connectivity index is 3.06. The van der Waals surface area contributed by atoms with Crippen molar-refractivity contribution in [2.24, 2.45) is 5.41 Å². The Morgan fingerprint density at radius 3 is 2.06 bits per heavy atom. The number of barbiturate groups is 1. The smallest absolute Gasteiger partial charge is 0.300 e. The lowest BCUT2D eigenvalue weighted by molar-refractivity contribution is -0.148. The average Bonchev–Trinajstić information content (AvgIpc) is 2.13. The first-order valence-electron chi connectivity index (χ1n) is 5.08. The number of carbonyl (C=O) groups is 4. The maximum absolute atomic E-state index is 11.7. The zero-order chi connectivity index (χ0) is 12.3. The van der Waals surface area contributed by atoms with Crippen LogP contribution in [-0.4, -0.2) is 23.6 Å². The van der Waals surface area contributed by atoms with E-state index in [2.05, 4.69) is 0 Å². The molecule has 1 heterocycles. The summed E-state index contributed by atoms with van der Waals surface area (Å²) in [6.07, 6.45) is 0.644. The molecule has 2 N–H and O–H groups in total. The molecular weight excluding hydrogens is 212 g/mol. The molecule has 1 fully saturated rings. The van der Waals surface area contributed by atoms with E-state index in [0.29, 0.717) is 6.42 Å². The Bertz CT molecular complexity index is 342. The number of hydrogen-bond acceptors (Lipinski definition) is 4. The Labute approximate surface area is 92.8 Å². The zero-order valence-corrected chi connectivity index (χ0v) is 9.25. The van der Waals surface area contributed by atoms with Gasteiger partial charge in [-0.1, -0.05) is 13.3 Å². The standard InChI is InChI=1S/C10H14N2O4/c1-3-4-10(5-6(2)13)7(14)11-9(16)12-8(10)15/h3-5H2,1-2H3,(H2,11,12,14,15,16). The van der Waals surface area contributed by atoms with E-state index in [4.69, 9.17) is 0 Å². The SMILES string of the molecule is CCCC1(CC(C)=O)C(=O)NC(=O)NC1=O. The van der Waals surface area contributed by atoms with Gasteiger partial charge in [-0.3, -0.25) is 25.0 Å². The van der Waals surface area contributed by atoms with Gasteiger partial charge in [0.05, 0.1) is 0 Å². The molecule has 0 bridgehead atoms. The Morgan fingerprint density at radius 1 is 1.19 bits per heavy atom. The number of carbonyl (C=O) groups excluding carboxylic acids is 4. The molecule has 0 aromatic rings. The van der Waals surface area contributed by atoms with E-state index in [-0.39, 0.29) is 18.6 Å². The van der Waals surface area contributed by atoms with E-state index >= 15 is 0 Å². The zero-order valence-electron chi connectivity index (χ0n) is 9.25. The van der Waals surface area contributed by atoms with Crippen molar-refractivity contribution in [1.29, 1.82) is 0 Å². The van der Waals surface area contributed by atoms with E-state index in [1.165, 1.54) is 6.92 Å². The first kappa shape index (κ1) is 12.4. The second kappa shape index (κ2) is 4.42. The van der Waals surface area contributed by atoms with Gasteiger partial charge in [-0.05, 0) is 13.3 Å². The summed E-state index contributed by atoms with van der Waals surface area (Å²) < 4.78 is 0. The van der Waals surface area contributed by atoms with E-state index in [9.17, 15) is 19.2 Å². The molecule has 0 saturated carbocycles. The molecule has 4 amide bonds. The predicted molar refractivity (Wildman–Crippen MR) is 54.3 cm³/mol. The molecule has 6 heteroatoms. The van der Waals surface area contributed by atoms with Crippen molar-refractivity contribution in [3.05, 3.63) is 0 Å². The fourth-order valence-electron chi connectivity index (χ4n) is 1.91. The maximum Gasteiger partial charge on any atom is 0.328 e. The molecule has 0 unspecified atom stereocenters. The molecule has 0 atom stereocenters. The normalized spacial score (nSPS) is 19.0. The minimum atomic E-state index is -1.42.